The molecule has 2 rings (SSSR count). The number of halogens is 1. The van der Waals surface area contributed by atoms with Crippen LogP contribution in [0, 0.1) is 6.92 Å². The van der Waals surface area contributed by atoms with Crippen LogP contribution >= 0.6 is 11.6 Å². The van der Waals surface area contributed by atoms with Crippen LogP contribution in [0.3, 0.4) is 0 Å². The van der Waals surface area contributed by atoms with Gasteiger partial charge in [-0.05, 0) is 47.7 Å². The van der Waals surface area contributed by atoms with Crippen LogP contribution in [0.15, 0.2) is 42.5 Å². The molecule has 100 valence electrons. The van der Waals surface area contributed by atoms with E-state index in [9.17, 15) is 5.11 Å². The predicted molar refractivity (Wildman–Crippen MR) is 80.7 cm³/mol. The molecule has 2 heteroatoms. The third-order valence-electron chi connectivity index (χ3n) is 3.46. The third-order valence-corrected chi connectivity index (χ3v) is 3.70. The second-order valence-corrected chi connectivity index (χ2v) is 5.33. The van der Waals surface area contributed by atoms with Gasteiger partial charge in [0.15, 0.2) is 0 Å². The fourth-order valence-electron chi connectivity index (χ4n) is 2.21. The topological polar surface area (TPSA) is 20.2 Å². The van der Waals surface area contributed by atoms with Gasteiger partial charge in [0.1, 0.15) is 0 Å². The lowest BCUT2D eigenvalue weighted by atomic mass is 9.97. The van der Waals surface area contributed by atoms with E-state index in [0.29, 0.717) is 11.4 Å². The number of aryl methyl sites for hydroxylation is 2. The Hall–Kier alpha value is -1.31. The van der Waals surface area contributed by atoms with Crippen LogP contribution in [0.25, 0.3) is 0 Å². The summed E-state index contributed by atoms with van der Waals surface area (Å²) in [7, 11) is 0. The number of aliphatic hydroxyl groups excluding tert-OH is 1. The molecule has 0 aromatic heterocycles. The molecule has 0 heterocycles. The Bertz CT molecular complexity index is 546. The Labute approximate surface area is 119 Å². The molecule has 1 nitrogen and oxygen atoms in total. The van der Waals surface area contributed by atoms with Crippen molar-refractivity contribution >= 4 is 11.6 Å². The molecule has 19 heavy (non-hydrogen) atoms. The van der Waals surface area contributed by atoms with E-state index in [1.54, 1.807) is 0 Å². The maximum Gasteiger partial charge on any atom is 0.0833 e. The summed E-state index contributed by atoms with van der Waals surface area (Å²) < 4.78 is 0. The zero-order valence-electron chi connectivity index (χ0n) is 11.4. The minimum absolute atomic E-state index is 0.508. The summed E-state index contributed by atoms with van der Waals surface area (Å²) in [6.45, 7) is 4.13. The highest BCUT2D eigenvalue weighted by atomic mass is 35.5. The Morgan fingerprint density at radius 3 is 2.32 bits per heavy atom. The number of benzene rings is 2. The molecule has 0 saturated heterocycles. The van der Waals surface area contributed by atoms with Crippen LogP contribution in [-0.2, 0) is 12.8 Å². The second kappa shape index (κ2) is 6.23. The van der Waals surface area contributed by atoms with E-state index in [1.807, 2.05) is 25.1 Å². The quantitative estimate of drug-likeness (QED) is 0.871. The molecule has 0 radical (unpaired) electrons. The summed E-state index contributed by atoms with van der Waals surface area (Å²) in [5.41, 5.74) is 4.44. The Balaban J connectivity index is 2.15. The van der Waals surface area contributed by atoms with Gasteiger partial charge in [-0.15, -0.1) is 0 Å². The molecule has 0 amide bonds. The van der Waals surface area contributed by atoms with Crippen LogP contribution in [0.4, 0.5) is 0 Å². The van der Waals surface area contributed by atoms with Crippen molar-refractivity contribution in [1.82, 2.24) is 0 Å². The summed E-state index contributed by atoms with van der Waals surface area (Å²) in [5.74, 6) is 0. The van der Waals surface area contributed by atoms with Crippen LogP contribution in [0.2, 0.25) is 5.02 Å². The maximum atomic E-state index is 10.3. The van der Waals surface area contributed by atoms with E-state index in [-0.39, 0.29) is 0 Å². The summed E-state index contributed by atoms with van der Waals surface area (Å²) >= 11 is 5.99. The summed E-state index contributed by atoms with van der Waals surface area (Å²) in [6.07, 6.45) is 1.15. The maximum absolute atomic E-state index is 10.3. The first kappa shape index (κ1) is 14.1. The number of rotatable bonds is 4. The minimum Gasteiger partial charge on any atom is -0.388 e. The average molecular weight is 275 g/mol. The van der Waals surface area contributed by atoms with Gasteiger partial charge >= 0.3 is 0 Å². The molecule has 0 aliphatic carbocycles. The second-order valence-electron chi connectivity index (χ2n) is 4.89. The molecule has 1 unspecified atom stereocenters. The van der Waals surface area contributed by atoms with Crippen molar-refractivity contribution in [2.24, 2.45) is 0 Å². The third kappa shape index (κ3) is 3.59. The van der Waals surface area contributed by atoms with Crippen LogP contribution < -0.4 is 0 Å². The van der Waals surface area contributed by atoms with Gasteiger partial charge in [0.2, 0.25) is 0 Å². The molecular weight excluding hydrogens is 256 g/mol. The van der Waals surface area contributed by atoms with Crippen molar-refractivity contribution < 1.29 is 5.11 Å². The van der Waals surface area contributed by atoms with E-state index in [4.69, 9.17) is 11.6 Å². The molecule has 0 aliphatic rings. The first-order valence-electron chi connectivity index (χ1n) is 6.62. The largest absolute Gasteiger partial charge is 0.388 e. The highest BCUT2D eigenvalue weighted by Crippen LogP contribution is 2.25. The molecule has 0 aliphatic heterocycles. The molecule has 2 aromatic rings. The van der Waals surface area contributed by atoms with Crippen LogP contribution in [0.1, 0.15) is 35.3 Å². The van der Waals surface area contributed by atoms with Gasteiger partial charge in [-0.2, -0.15) is 0 Å². The molecule has 1 N–H and O–H groups in total. The summed E-state index contributed by atoms with van der Waals surface area (Å²) in [5, 5.41) is 11.0. The van der Waals surface area contributed by atoms with Crippen LogP contribution in [0.5, 0.6) is 0 Å². The van der Waals surface area contributed by atoms with Crippen LogP contribution in [-0.4, -0.2) is 5.11 Å². The Kier molecular flexibility index (Phi) is 4.62. The Morgan fingerprint density at radius 2 is 1.68 bits per heavy atom. The van der Waals surface area contributed by atoms with Gasteiger partial charge in [-0.1, -0.05) is 48.9 Å². The predicted octanol–water partition coefficient (Wildman–Crippen LogP) is 4.49. The first-order valence-corrected chi connectivity index (χ1v) is 7.00. The lowest BCUT2D eigenvalue weighted by Gasteiger charge is -2.14. The molecule has 2 aromatic carbocycles. The smallest absolute Gasteiger partial charge is 0.0833 e. The molecule has 0 spiro atoms. The molecule has 0 fully saturated rings. The normalized spacial score (nSPS) is 12.4. The van der Waals surface area contributed by atoms with Crippen molar-refractivity contribution in [1.29, 1.82) is 0 Å². The van der Waals surface area contributed by atoms with E-state index in [1.165, 1.54) is 5.56 Å². The molecule has 0 bridgehead atoms. The van der Waals surface area contributed by atoms with E-state index in [0.717, 1.165) is 23.1 Å². The van der Waals surface area contributed by atoms with E-state index >= 15 is 0 Å². The highest BCUT2D eigenvalue weighted by molar-refractivity contribution is 6.30. The zero-order valence-corrected chi connectivity index (χ0v) is 12.1. The average Bonchev–Trinajstić information content (AvgIpc) is 2.42. The SMILES string of the molecule is CCc1ccc(CC(O)c2cc(Cl)ccc2C)cc1. The number of hydrogen-bond donors (Lipinski definition) is 1. The van der Waals surface area contributed by atoms with Crippen molar-refractivity contribution in [2.45, 2.75) is 32.8 Å². The van der Waals surface area contributed by atoms with E-state index < -0.39 is 6.10 Å². The van der Waals surface area contributed by atoms with Gasteiger partial charge < -0.3 is 5.11 Å². The minimum atomic E-state index is -0.508. The monoisotopic (exact) mass is 274 g/mol. The molecule has 1 atom stereocenters. The van der Waals surface area contributed by atoms with Gasteiger partial charge in [0, 0.05) is 11.4 Å². The fraction of sp³-hybridized carbons (Fsp3) is 0.294. The van der Waals surface area contributed by atoms with Gasteiger partial charge in [0.25, 0.3) is 0 Å². The van der Waals surface area contributed by atoms with Crippen molar-refractivity contribution in [3.05, 3.63) is 69.7 Å². The standard InChI is InChI=1S/C17H19ClO/c1-3-13-5-7-14(8-6-13)10-17(19)16-11-15(18)9-4-12(16)2/h4-9,11,17,19H,3,10H2,1-2H3. The van der Waals surface area contributed by atoms with Gasteiger partial charge in [-0.25, -0.2) is 0 Å². The molecular formula is C17H19ClO. The number of hydrogen-bond acceptors (Lipinski definition) is 1. The highest BCUT2D eigenvalue weighted by Gasteiger charge is 2.11. The lowest BCUT2D eigenvalue weighted by molar-refractivity contribution is 0.177. The zero-order chi connectivity index (χ0) is 13.8. The summed E-state index contributed by atoms with van der Waals surface area (Å²) in [6, 6.07) is 14.1. The van der Waals surface area contributed by atoms with Crippen molar-refractivity contribution in [3.63, 3.8) is 0 Å². The van der Waals surface area contributed by atoms with Gasteiger partial charge in [0.05, 0.1) is 6.10 Å². The number of aliphatic hydroxyl groups is 1. The fourth-order valence-corrected chi connectivity index (χ4v) is 2.40. The van der Waals surface area contributed by atoms with Crippen molar-refractivity contribution in [3.8, 4) is 0 Å². The van der Waals surface area contributed by atoms with Gasteiger partial charge in [-0.3, -0.25) is 0 Å². The lowest BCUT2D eigenvalue weighted by Crippen LogP contribution is -2.04. The molecule has 0 saturated carbocycles. The first-order chi connectivity index (χ1) is 9.10. The van der Waals surface area contributed by atoms with E-state index in [2.05, 4.69) is 31.2 Å². The Morgan fingerprint density at radius 1 is 1.05 bits per heavy atom. The van der Waals surface area contributed by atoms with Crippen molar-refractivity contribution in [2.75, 3.05) is 0 Å². The summed E-state index contributed by atoms with van der Waals surface area (Å²) in [4.78, 5) is 0.